The second-order valence-electron chi connectivity index (χ2n) is 6.08. The van der Waals surface area contributed by atoms with Crippen LogP contribution in [0.25, 0.3) is 0 Å². The molecule has 126 valence electrons. The summed E-state index contributed by atoms with van der Waals surface area (Å²) < 4.78 is 0. The minimum absolute atomic E-state index is 0.00929. The maximum absolute atomic E-state index is 12.6. The van der Waals surface area contributed by atoms with Gasteiger partial charge in [-0.25, -0.2) is 0 Å². The topological polar surface area (TPSA) is 62.3 Å². The van der Waals surface area contributed by atoms with Crippen LogP contribution in [0.4, 0.5) is 0 Å². The molecule has 0 saturated carbocycles. The Morgan fingerprint density at radius 1 is 1.38 bits per heavy atom. The number of piperidine rings is 1. The van der Waals surface area contributed by atoms with Gasteiger partial charge < -0.3 is 10.2 Å². The Morgan fingerprint density at radius 2 is 2.25 bits per heavy atom. The van der Waals surface area contributed by atoms with E-state index >= 15 is 0 Å². The standard InChI is InChI=1S/C18H21N3O2S/c1-13(14-5-2-8-19-11-14)20-17(22)15-6-3-9-21(12-15)18(23)16-7-4-10-24-16/h2,4-5,7-8,10-11,13,15H,3,6,9,12H2,1H3,(H,20,22)/t13-,15+/m0/s1. The van der Waals surface area contributed by atoms with Crippen molar-refractivity contribution in [3.8, 4) is 0 Å². The van der Waals surface area contributed by atoms with Gasteiger partial charge in [0, 0.05) is 25.5 Å². The maximum Gasteiger partial charge on any atom is 0.263 e. The molecule has 6 heteroatoms. The van der Waals surface area contributed by atoms with Gasteiger partial charge in [0.05, 0.1) is 16.8 Å². The van der Waals surface area contributed by atoms with Gasteiger partial charge in [-0.3, -0.25) is 14.6 Å². The summed E-state index contributed by atoms with van der Waals surface area (Å²) in [5.74, 6) is -0.111. The summed E-state index contributed by atoms with van der Waals surface area (Å²) in [7, 11) is 0. The van der Waals surface area contributed by atoms with Crippen LogP contribution in [-0.4, -0.2) is 34.8 Å². The van der Waals surface area contributed by atoms with Crippen molar-refractivity contribution < 1.29 is 9.59 Å². The molecule has 24 heavy (non-hydrogen) atoms. The van der Waals surface area contributed by atoms with Crippen molar-refractivity contribution in [3.63, 3.8) is 0 Å². The first-order chi connectivity index (χ1) is 11.6. The van der Waals surface area contributed by atoms with Crippen LogP contribution < -0.4 is 5.32 Å². The Kier molecular flexibility index (Phi) is 5.25. The Morgan fingerprint density at radius 3 is 2.96 bits per heavy atom. The van der Waals surface area contributed by atoms with Gasteiger partial charge in [-0.1, -0.05) is 12.1 Å². The molecule has 2 amide bonds. The lowest BCUT2D eigenvalue weighted by molar-refractivity contribution is -0.127. The van der Waals surface area contributed by atoms with Crippen molar-refractivity contribution in [1.82, 2.24) is 15.2 Å². The summed E-state index contributed by atoms with van der Waals surface area (Å²) in [5, 5.41) is 4.95. The third kappa shape index (κ3) is 3.82. The van der Waals surface area contributed by atoms with Gasteiger partial charge in [0.1, 0.15) is 0 Å². The highest BCUT2D eigenvalue weighted by Crippen LogP contribution is 2.21. The number of aromatic nitrogens is 1. The Balaban J connectivity index is 1.60. The normalized spacial score (nSPS) is 18.9. The third-order valence-corrected chi connectivity index (χ3v) is 5.21. The number of carbonyl (C=O) groups is 2. The quantitative estimate of drug-likeness (QED) is 0.928. The largest absolute Gasteiger partial charge is 0.349 e. The molecule has 0 unspecified atom stereocenters. The lowest BCUT2D eigenvalue weighted by Crippen LogP contribution is -2.45. The van der Waals surface area contributed by atoms with Crippen LogP contribution in [0, 0.1) is 5.92 Å². The number of likely N-dealkylation sites (tertiary alicyclic amines) is 1. The van der Waals surface area contributed by atoms with Crippen LogP contribution in [0.2, 0.25) is 0 Å². The summed E-state index contributed by atoms with van der Waals surface area (Å²) in [6.45, 7) is 3.16. The van der Waals surface area contributed by atoms with E-state index in [0.717, 1.165) is 29.8 Å². The molecular weight excluding hydrogens is 322 g/mol. The van der Waals surface area contributed by atoms with E-state index < -0.39 is 0 Å². The molecule has 1 aliphatic heterocycles. The predicted molar refractivity (Wildman–Crippen MR) is 93.7 cm³/mol. The third-order valence-electron chi connectivity index (χ3n) is 4.35. The van der Waals surface area contributed by atoms with Crippen molar-refractivity contribution in [3.05, 3.63) is 52.5 Å². The molecule has 1 aliphatic rings. The molecule has 2 aromatic heterocycles. The first kappa shape index (κ1) is 16.6. The number of thiophene rings is 1. The van der Waals surface area contributed by atoms with E-state index in [4.69, 9.17) is 0 Å². The molecule has 0 bridgehead atoms. The highest BCUT2D eigenvalue weighted by molar-refractivity contribution is 7.12. The zero-order valence-electron chi connectivity index (χ0n) is 13.6. The lowest BCUT2D eigenvalue weighted by Gasteiger charge is -2.32. The molecule has 1 fully saturated rings. The van der Waals surface area contributed by atoms with E-state index in [-0.39, 0.29) is 23.8 Å². The fraction of sp³-hybridized carbons (Fsp3) is 0.389. The Bertz CT molecular complexity index is 688. The van der Waals surface area contributed by atoms with E-state index in [2.05, 4.69) is 10.3 Å². The summed E-state index contributed by atoms with van der Waals surface area (Å²) in [4.78, 5) is 31.7. The number of rotatable bonds is 4. The minimum atomic E-state index is -0.151. The second kappa shape index (κ2) is 7.57. The van der Waals surface area contributed by atoms with Gasteiger partial charge in [0.25, 0.3) is 5.91 Å². The number of carbonyl (C=O) groups excluding carboxylic acids is 2. The van der Waals surface area contributed by atoms with Crippen LogP contribution in [0.3, 0.4) is 0 Å². The van der Waals surface area contributed by atoms with Crippen LogP contribution >= 0.6 is 11.3 Å². The Hall–Kier alpha value is -2.21. The van der Waals surface area contributed by atoms with Gasteiger partial charge in [-0.2, -0.15) is 0 Å². The SMILES string of the molecule is C[C@H](NC(=O)[C@@H]1CCCN(C(=O)c2cccs2)C1)c1cccnc1. The highest BCUT2D eigenvalue weighted by Gasteiger charge is 2.29. The van der Waals surface area contributed by atoms with E-state index in [1.807, 2.05) is 36.6 Å². The van der Waals surface area contributed by atoms with Crippen molar-refractivity contribution in [2.45, 2.75) is 25.8 Å². The van der Waals surface area contributed by atoms with E-state index in [0.29, 0.717) is 6.54 Å². The smallest absolute Gasteiger partial charge is 0.263 e. The number of nitrogens with zero attached hydrogens (tertiary/aromatic N) is 2. The summed E-state index contributed by atoms with van der Waals surface area (Å²) in [6.07, 6.45) is 5.15. The average Bonchev–Trinajstić information content (AvgIpc) is 3.16. The molecule has 0 aliphatic carbocycles. The summed E-state index contributed by atoms with van der Waals surface area (Å²) >= 11 is 1.44. The molecule has 0 aromatic carbocycles. The number of hydrogen-bond donors (Lipinski definition) is 1. The number of pyridine rings is 1. The first-order valence-corrected chi connectivity index (χ1v) is 9.06. The molecule has 1 N–H and O–H groups in total. The number of nitrogens with one attached hydrogen (secondary N) is 1. The zero-order chi connectivity index (χ0) is 16.9. The van der Waals surface area contributed by atoms with Crippen LogP contribution in [0.15, 0.2) is 42.0 Å². The summed E-state index contributed by atoms with van der Waals surface area (Å²) in [5.41, 5.74) is 0.980. The fourth-order valence-corrected chi connectivity index (χ4v) is 3.67. The van der Waals surface area contributed by atoms with Crippen molar-refractivity contribution in [1.29, 1.82) is 0 Å². The molecule has 3 heterocycles. The number of hydrogen-bond acceptors (Lipinski definition) is 4. The number of amides is 2. The average molecular weight is 343 g/mol. The van der Waals surface area contributed by atoms with Crippen molar-refractivity contribution in [2.24, 2.45) is 5.92 Å². The van der Waals surface area contributed by atoms with Gasteiger partial charge in [0.15, 0.2) is 0 Å². The molecule has 0 spiro atoms. The van der Waals surface area contributed by atoms with Crippen molar-refractivity contribution in [2.75, 3.05) is 13.1 Å². The first-order valence-electron chi connectivity index (χ1n) is 8.18. The van der Waals surface area contributed by atoms with E-state index in [9.17, 15) is 9.59 Å². The van der Waals surface area contributed by atoms with Crippen LogP contribution in [0.1, 0.15) is 41.0 Å². The van der Waals surface area contributed by atoms with Gasteiger partial charge >= 0.3 is 0 Å². The van der Waals surface area contributed by atoms with Gasteiger partial charge in [-0.05, 0) is 42.8 Å². The van der Waals surface area contributed by atoms with Gasteiger partial charge in [0.2, 0.25) is 5.91 Å². The predicted octanol–water partition coefficient (Wildman–Crippen LogP) is 2.87. The highest BCUT2D eigenvalue weighted by atomic mass is 32.1. The molecule has 2 atom stereocenters. The molecule has 0 radical (unpaired) electrons. The monoisotopic (exact) mass is 343 g/mol. The van der Waals surface area contributed by atoms with Crippen molar-refractivity contribution >= 4 is 23.2 Å². The maximum atomic E-state index is 12.6. The molecule has 1 saturated heterocycles. The molecule has 5 nitrogen and oxygen atoms in total. The molecular formula is C18H21N3O2S. The van der Waals surface area contributed by atoms with E-state index in [1.165, 1.54) is 11.3 Å². The van der Waals surface area contributed by atoms with Gasteiger partial charge in [-0.15, -0.1) is 11.3 Å². The van der Waals surface area contributed by atoms with Crippen LogP contribution in [0.5, 0.6) is 0 Å². The zero-order valence-corrected chi connectivity index (χ0v) is 14.5. The Labute approximate surface area is 145 Å². The molecule has 2 aromatic rings. The molecule has 3 rings (SSSR count). The second-order valence-corrected chi connectivity index (χ2v) is 7.03. The summed E-state index contributed by atoms with van der Waals surface area (Å²) in [6, 6.07) is 7.43. The minimum Gasteiger partial charge on any atom is -0.349 e. The fourth-order valence-electron chi connectivity index (χ4n) is 2.98. The lowest BCUT2D eigenvalue weighted by atomic mass is 9.96. The van der Waals surface area contributed by atoms with Crippen LogP contribution in [-0.2, 0) is 4.79 Å². The van der Waals surface area contributed by atoms with E-state index in [1.54, 1.807) is 17.3 Å².